The number of hydrogen-bond donors (Lipinski definition) is 1. The number of nitrogens with one attached hydrogen (secondary N) is 1. The van der Waals surface area contributed by atoms with Gasteiger partial charge in [-0.25, -0.2) is 9.97 Å². The molecule has 1 rings (SSSR count). The summed E-state index contributed by atoms with van der Waals surface area (Å²) in [5.74, 6) is 0.916. The van der Waals surface area contributed by atoms with Gasteiger partial charge in [0, 0.05) is 12.1 Å². The van der Waals surface area contributed by atoms with Crippen LogP contribution in [0.2, 0.25) is 5.15 Å². The van der Waals surface area contributed by atoms with E-state index in [4.69, 9.17) is 11.6 Å². The van der Waals surface area contributed by atoms with Crippen LogP contribution in [0.5, 0.6) is 0 Å². The summed E-state index contributed by atoms with van der Waals surface area (Å²) < 4.78 is 0. The maximum absolute atomic E-state index is 6.14. The van der Waals surface area contributed by atoms with Crippen LogP contribution in [0, 0.1) is 0 Å². The maximum atomic E-state index is 6.14. The van der Waals surface area contributed by atoms with E-state index in [-0.39, 0.29) is 0 Å². The minimum atomic E-state index is 0.588. The molecular weight excluding hydrogens is 282 g/mol. The van der Waals surface area contributed by atoms with Gasteiger partial charge in [0.15, 0.2) is 0 Å². The Hall–Kier alpha value is -0.830. The van der Waals surface area contributed by atoms with E-state index in [1.807, 2.05) is 0 Å². The molecular formula is C17H30ClN3. The first-order valence-electron chi connectivity index (χ1n) is 8.52. The van der Waals surface area contributed by atoms with Gasteiger partial charge >= 0.3 is 0 Å². The second kappa shape index (κ2) is 11.8. The molecule has 0 saturated heterocycles. The van der Waals surface area contributed by atoms with Gasteiger partial charge in [-0.1, -0.05) is 76.8 Å². The van der Waals surface area contributed by atoms with E-state index in [0.29, 0.717) is 5.15 Å². The van der Waals surface area contributed by atoms with Gasteiger partial charge in [0.05, 0.1) is 0 Å². The van der Waals surface area contributed by atoms with Crippen LogP contribution < -0.4 is 5.32 Å². The normalized spacial score (nSPS) is 10.8. The summed E-state index contributed by atoms with van der Waals surface area (Å²) in [6, 6.07) is 0. The molecule has 0 aromatic carbocycles. The van der Waals surface area contributed by atoms with Crippen molar-refractivity contribution in [2.24, 2.45) is 0 Å². The van der Waals surface area contributed by atoms with Gasteiger partial charge in [0.25, 0.3) is 0 Å². The Balaban J connectivity index is 2.16. The van der Waals surface area contributed by atoms with E-state index in [0.717, 1.165) is 30.8 Å². The predicted octanol–water partition coefficient (Wildman–Crippen LogP) is 5.64. The molecule has 1 aromatic heterocycles. The van der Waals surface area contributed by atoms with Gasteiger partial charge in [0.1, 0.15) is 17.3 Å². The van der Waals surface area contributed by atoms with Crippen LogP contribution in [0.3, 0.4) is 0 Å². The van der Waals surface area contributed by atoms with Crippen LogP contribution in [0.15, 0.2) is 6.33 Å². The van der Waals surface area contributed by atoms with Gasteiger partial charge < -0.3 is 5.32 Å². The first kappa shape index (κ1) is 18.2. The molecule has 120 valence electrons. The molecule has 3 nitrogen and oxygen atoms in total. The molecule has 1 aromatic rings. The molecule has 0 bridgehead atoms. The zero-order chi connectivity index (χ0) is 15.3. The summed E-state index contributed by atoms with van der Waals surface area (Å²) in [5, 5.41) is 4.00. The van der Waals surface area contributed by atoms with Gasteiger partial charge in [-0.15, -0.1) is 0 Å². The fourth-order valence-corrected chi connectivity index (χ4v) is 2.71. The van der Waals surface area contributed by atoms with Crippen molar-refractivity contribution in [3.8, 4) is 0 Å². The fourth-order valence-electron chi connectivity index (χ4n) is 2.48. The van der Waals surface area contributed by atoms with Gasteiger partial charge in [0.2, 0.25) is 0 Å². The zero-order valence-corrected chi connectivity index (χ0v) is 14.4. The molecule has 1 N–H and O–H groups in total. The van der Waals surface area contributed by atoms with Crippen molar-refractivity contribution >= 4 is 17.4 Å². The molecule has 0 fully saturated rings. The quantitative estimate of drug-likeness (QED) is 0.401. The standard InChI is InChI=1S/C17H30ClN3/c1-3-5-6-7-8-9-10-11-13-19-17-15(12-4-2)16(18)20-14-21-17/h14H,3-13H2,1-2H3,(H,19,20,21). The Labute approximate surface area is 134 Å². The van der Waals surface area contributed by atoms with Gasteiger partial charge in [-0.05, 0) is 12.8 Å². The van der Waals surface area contributed by atoms with Crippen LogP contribution in [0.1, 0.15) is 77.2 Å². The molecule has 0 amide bonds. The van der Waals surface area contributed by atoms with E-state index in [2.05, 4.69) is 29.1 Å². The minimum Gasteiger partial charge on any atom is -0.370 e. The number of halogens is 1. The monoisotopic (exact) mass is 311 g/mol. The van der Waals surface area contributed by atoms with Crippen LogP contribution in [-0.4, -0.2) is 16.5 Å². The van der Waals surface area contributed by atoms with Crippen molar-refractivity contribution in [1.29, 1.82) is 0 Å². The molecule has 0 unspecified atom stereocenters. The Morgan fingerprint density at radius 3 is 2.24 bits per heavy atom. The zero-order valence-electron chi connectivity index (χ0n) is 13.6. The molecule has 4 heteroatoms. The summed E-state index contributed by atoms with van der Waals surface area (Å²) in [6.45, 7) is 5.38. The number of nitrogens with zero attached hydrogens (tertiary/aromatic N) is 2. The lowest BCUT2D eigenvalue weighted by atomic mass is 10.1. The number of unbranched alkanes of at least 4 members (excludes halogenated alkanes) is 7. The van der Waals surface area contributed by atoms with E-state index in [9.17, 15) is 0 Å². The highest BCUT2D eigenvalue weighted by Crippen LogP contribution is 2.21. The average Bonchev–Trinajstić information content (AvgIpc) is 2.49. The second-order valence-electron chi connectivity index (χ2n) is 5.64. The lowest BCUT2D eigenvalue weighted by molar-refractivity contribution is 0.581. The molecule has 21 heavy (non-hydrogen) atoms. The molecule has 0 aliphatic carbocycles. The molecule has 0 atom stereocenters. The summed E-state index contributed by atoms with van der Waals surface area (Å²) in [5.41, 5.74) is 1.06. The van der Waals surface area contributed by atoms with Crippen molar-refractivity contribution in [2.45, 2.75) is 78.1 Å². The summed E-state index contributed by atoms with van der Waals surface area (Å²) in [6.07, 6.45) is 14.2. The molecule has 0 aliphatic heterocycles. The second-order valence-corrected chi connectivity index (χ2v) is 6.00. The molecule has 0 saturated carbocycles. The molecule has 0 spiro atoms. The van der Waals surface area contributed by atoms with Crippen molar-refractivity contribution in [2.75, 3.05) is 11.9 Å². The van der Waals surface area contributed by atoms with Crippen LogP contribution >= 0.6 is 11.6 Å². The van der Waals surface area contributed by atoms with Crippen molar-refractivity contribution in [3.05, 3.63) is 17.0 Å². The first-order chi connectivity index (χ1) is 10.3. The largest absolute Gasteiger partial charge is 0.370 e. The highest BCUT2D eigenvalue weighted by atomic mass is 35.5. The SMILES string of the molecule is CCCCCCCCCCNc1ncnc(Cl)c1CCC. The summed E-state index contributed by atoms with van der Waals surface area (Å²) in [7, 11) is 0. The third-order valence-corrected chi connectivity index (χ3v) is 4.04. The highest BCUT2D eigenvalue weighted by molar-refractivity contribution is 6.30. The topological polar surface area (TPSA) is 37.8 Å². The van der Waals surface area contributed by atoms with Crippen molar-refractivity contribution in [1.82, 2.24) is 9.97 Å². The van der Waals surface area contributed by atoms with Crippen molar-refractivity contribution < 1.29 is 0 Å². The Morgan fingerprint density at radius 1 is 0.905 bits per heavy atom. The van der Waals surface area contributed by atoms with Crippen molar-refractivity contribution in [3.63, 3.8) is 0 Å². The lowest BCUT2D eigenvalue weighted by Gasteiger charge is -2.11. The third-order valence-electron chi connectivity index (χ3n) is 3.72. The van der Waals surface area contributed by atoms with Gasteiger partial charge in [-0.2, -0.15) is 0 Å². The number of aromatic nitrogens is 2. The highest BCUT2D eigenvalue weighted by Gasteiger charge is 2.08. The van der Waals surface area contributed by atoms with E-state index in [1.165, 1.54) is 57.7 Å². The van der Waals surface area contributed by atoms with Gasteiger partial charge in [-0.3, -0.25) is 0 Å². The Morgan fingerprint density at radius 2 is 1.57 bits per heavy atom. The predicted molar refractivity (Wildman–Crippen MR) is 92.1 cm³/mol. The van der Waals surface area contributed by atoms with Crippen LogP contribution in [-0.2, 0) is 6.42 Å². The summed E-state index contributed by atoms with van der Waals surface area (Å²) in [4.78, 5) is 8.39. The smallest absolute Gasteiger partial charge is 0.137 e. The first-order valence-corrected chi connectivity index (χ1v) is 8.90. The van der Waals surface area contributed by atoms with E-state index in [1.54, 1.807) is 0 Å². The Kier molecular flexibility index (Phi) is 10.2. The number of anilines is 1. The number of hydrogen-bond acceptors (Lipinski definition) is 3. The van der Waals surface area contributed by atoms with Crippen LogP contribution in [0.25, 0.3) is 0 Å². The molecule has 1 heterocycles. The third kappa shape index (κ3) is 7.66. The maximum Gasteiger partial charge on any atom is 0.137 e. The fraction of sp³-hybridized carbons (Fsp3) is 0.765. The number of rotatable bonds is 12. The Bertz CT molecular complexity index is 382. The molecule has 0 radical (unpaired) electrons. The average molecular weight is 312 g/mol. The van der Waals surface area contributed by atoms with Crippen LogP contribution in [0.4, 0.5) is 5.82 Å². The summed E-state index contributed by atoms with van der Waals surface area (Å²) >= 11 is 6.14. The van der Waals surface area contributed by atoms with E-state index >= 15 is 0 Å². The minimum absolute atomic E-state index is 0.588. The van der Waals surface area contributed by atoms with E-state index < -0.39 is 0 Å². The molecule has 0 aliphatic rings. The lowest BCUT2D eigenvalue weighted by Crippen LogP contribution is -2.07.